The van der Waals surface area contributed by atoms with Crippen molar-refractivity contribution in [2.45, 2.75) is 0 Å². The van der Waals surface area contributed by atoms with E-state index in [9.17, 15) is 19.2 Å². The minimum Gasteiger partial charge on any atom is -0.244 e. The van der Waals surface area contributed by atoms with Crippen molar-refractivity contribution in [3.8, 4) is 0 Å². The highest BCUT2D eigenvalue weighted by molar-refractivity contribution is 8.76. The van der Waals surface area contributed by atoms with Crippen LogP contribution in [0.2, 0.25) is 0 Å². The molecular formula is C7H6N6O4S2. The molecule has 0 saturated carbocycles. The number of amides is 8. The Morgan fingerprint density at radius 3 is 1.74 bits per heavy atom. The first-order valence-corrected chi connectivity index (χ1v) is 7.37. The van der Waals surface area contributed by atoms with Crippen LogP contribution in [0.25, 0.3) is 0 Å². The summed E-state index contributed by atoms with van der Waals surface area (Å²) >= 11 is 0. The smallest absolute Gasteiger partial charge is 0.244 e. The molecule has 0 aromatic rings. The molecule has 0 bridgehead atoms. The van der Waals surface area contributed by atoms with Crippen LogP contribution < -0.4 is 0 Å². The lowest BCUT2D eigenvalue weighted by atomic mass is 10.6. The van der Waals surface area contributed by atoms with Gasteiger partial charge in [0.25, 0.3) is 0 Å². The fourth-order valence-corrected chi connectivity index (χ4v) is 3.02. The molecule has 2 rings (SSSR count). The molecule has 100 valence electrons. The monoisotopic (exact) mass is 302 g/mol. The van der Waals surface area contributed by atoms with Crippen LogP contribution in [0.15, 0.2) is 20.5 Å². The number of imide groups is 2. The third-order valence-corrected chi connectivity index (χ3v) is 4.22. The Labute approximate surface area is 114 Å². The molecule has 10 nitrogen and oxygen atoms in total. The fourth-order valence-electron chi connectivity index (χ4n) is 1.13. The molecule has 0 atom stereocenters. The summed E-state index contributed by atoms with van der Waals surface area (Å²) < 4.78 is 0. The molecule has 0 unspecified atom stereocenters. The van der Waals surface area contributed by atoms with Gasteiger partial charge in [-0.3, -0.25) is 0 Å². The van der Waals surface area contributed by atoms with Crippen molar-refractivity contribution >= 4 is 45.7 Å². The first-order chi connectivity index (χ1) is 9.09. The second-order valence-electron chi connectivity index (χ2n) is 3.18. The maximum absolute atomic E-state index is 11.0. The predicted octanol–water partition coefficient (Wildman–Crippen LogP) is 2.34. The van der Waals surface area contributed by atoms with Crippen LogP contribution in [-0.2, 0) is 0 Å². The van der Waals surface area contributed by atoms with Gasteiger partial charge >= 0.3 is 24.1 Å². The molecule has 0 radical (unpaired) electrons. The second kappa shape index (κ2) is 5.88. The van der Waals surface area contributed by atoms with E-state index >= 15 is 0 Å². The van der Waals surface area contributed by atoms with Crippen molar-refractivity contribution in [2.75, 3.05) is 18.2 Å². The van der Waals surface area contributed by atoms with Gasteiger partial charge in [-0.05, 0) is 0 Å². The zero-order valence-electron chi connectivity index (χ0n) is 9.25. The number of rotatable bonds is 6. The predicted molar refractivity (Wildman–Crippen MR) is 64.8 cm³/mol. The quantitative estimate of drug-likeness (QED) is 0.547. The number of azo groups is 2. The summed E-state index contributed by atoms with van der Waals surface area (Å²) in [5, 5.41) is 12.4. The number of hydrogen-bond donors (Lipinski definition) is 0. The highest BCUT2D eigenvalue weighted by Gasteiger charge is 2.28. The van der Waals surface area contributed by atoms with Gasteiger partial charge in [0.1, 0.15) is 0 Å². The van der Waals surface area contributed by atoms with Crippen LogP contribution in [0.4, 0.5) is 19.2 Å². The highest BCUT2D eigenvalue weighted by atomic mass is 33.1. The van der Waals surface area contributed by atoms with E-state index in [0.29, 0.717) is 5.75 Å². The Hall–Kier alpha value is -1.82. The van der Waals surface area contributed by atoms with Gasteiger partial charge in [-0.1, -0.05) is 42.0 Å². The first kappa shape index (κ1) is 13.6. The standard InChI is InChI=1S/C7H6N6O4S2/c14-4-8-9-5(15)12(4)1-2-18-19-3-13-6(16)10-11-7(13)17/h1-3H2. The van der Waals surface area contributed by atoms with Gasteiger partial charge < -0.3 is 0 Å². The average Bonchev–Trinajstić information content (AvgIpc) is 2.86. The molecule has 0 N–H and O–H groups in total. The maximum Gasteiger partial charge on any atom is 0.371 e. The minimum atomic E-state index is -0.694. The molecule has 19 heavy (non-hydrogen) atoms. The molecule has 0 fully saturated rings. The third kappa shape index (κ3) is 3.14. The van der Waals surface area contributed by atoms with Crippen molar-refractivity contribution in [1.82, 2.24) is 9.80 Å². The van der Waals surface area contributed by atoms with Crippen LogP contribution in [0.5, 0.6) is 0 Å². The van der Waals surface area contributed by atoms with Crippen molar-refractivity contribution < 1.29 is 19.2 Å². The van der Waals surface area contributed by atoms with Crippen LogP contribution in [0.3, 0.4) is 0 Å². The molecule has 12 heteroatoms. The van der Waals surface area contributed by atoms with E-state index in [0.717, 1.165) is 9.80 Å². The summed E-state index contributed by atoms with van der Waals surface area (Å²) in [6.45, 7) is 0.166. The van der Waals surface area contributed by atoms with E-state index < -0.39 is 24.1 Å². The maximum atomic E-state index is 11.0. The molecule has 0 aromatic heterocycles. The molecule has 8 amide bonds. The van der Waals surface area contributed by atoms with Crippen molar-refractivity contribution in [3.05, 3.63) is 0 Å². The number of nitrogens with zero attached hydrogens (tertiary/aromatic N) is 6. The minimum absolute atomic E-state index is 0.103. The highest BCUT2D eigenvalue weighted by Crippen LogP contribution is 2.24. The van der Waals surface area contributed by atoms with Gasteiger partial charge in [0.15, 0.2) is 0 Å². The second-order valence-corrected chi connectivity index (χ2v) is 5.73. The normalized spacial score (nSPS) is 18.3. The molecule has 2 aliphatic rings. The van der Waals surface area contributed by atoms with E-state index in [1.807, 2.05) is 0 Å². The fraction of sp³-hybridized carbons (Fsp3) is 0.429. The average molecular weight is 302 g/mol. The summed E-state index contributed by atoms with van der Waals surface area (Å²) in [6.07, 6.45) is 0. The first-order valence-electron chi connectivity index (χ1n) is 4.88. The molecular weight excluding hydrogens is 296 g/mol. The molecule has 0 aliphatic carbocycles. The Morgan fingerprint density at radius 2 is 1.21 bits per heavy atom. The van der Waals surface area contributed by atoms with Gasteiger partial charge in [0, 0.05) is 12.3 Å². The summed E-state index contributed by atoms with van der Waals surface area (Å²) in [5.41, 5.74) is 0. The summed E-state index contributed by atoms with van der Waals surface area (Å²) in [5.74, 6) is 0.531. The number of carbonyl (C=O) groups is 4. The lowest BCUT2D eigenvalue weighted by Crippen LogP contribution is -2.30. The number of carbonyl (C=O) groups excluding carboxylic acids is 4. The van der Waals surface area contributed by atoms with Gasteiger partial charge in [-0.15, -0.1) is 0 Å². The molecule has 2 heterocycles. The van der Waals surface area contributed by atoms with Gasteiger partial charge in [0.2, 0.25) is 0 Å². The third-order valence-electron chi connectivity index (χ3n) is 2.03. The van der Waals surface area contributed by atoms with Crippen LogP contribution >= 0.6 is 21.6 Å². The van der Waals surface area contributed by atoms with Gasteiger partial charge in [-0.2, -0.15) is 0 Å². The van der Waals surface area contributed by atoms with Crippen molar-refractivity contribution in [3.63, 3.8) is 0 Å². The van der Waals surface area contributed by atoms with Crippen LogP contribution in [0, 0.1) is 0 Å². The summed E-state index contributed by atoms with van der Waals surface area (Å²) in [7, 11) is 2.51. The van der Waals surface area contributed by atoms with E-state index in [2.05, 4.69) is 20.5 Å². The van der Waals surface area contributed by atoms with Gasteiger partial charge in [-0.25, -0.2) is 29.0 Å². The summed E-state index contributed by atoms with van der Waals surface area (Å²) in [4.78, 5) is 46.0. The Kier molecular flexibility index (Phi) is 4.21. The largest absolute Gasteiger partial charge is 0.371 e. The topological polar surface area (TPSA) is 124 Å². The number of hydrogen-bond acceptors (Lipinski definition) is 6. The Balaban J connectivity index is 1.63. The molecule has 2 aliphatic heterocycles. The molecule has 0 saturated heterocycles. The Morgan fingerprint density at radius 1 is 0.737 bits per heavy atom. The zero-order valence-corrected chi connectivity index (χ0v) is 10.9. The molecule has 0 spiro atoms. The lowest BCUT2D eigenvalue weighted by molar-refractivity contribution is 0.207. The lowest BCUT2D eigenvalue weighted by Gasteiger charge is -2.11. The van der Waals surface area contributed by atoms with Crippen molar-refractivity contribution in [1.29, 1.82) is 0 Å². The summed E-state index contributed by atoms with van der Waals surface area (Å²) in [6, 6.07) is -2.75. The number of urea groups is 4. The SMILES string of the molecule is O=C1N=NC(=O)N1CCSSCN1C(=O)N=NC1=O. The van der Waals surface area contributed by atoms with Crippen molar-refractivity contribution in [2.24, 2.45) is 20.5 Å². The van der Waals surface area contributed by atoms with Crippen LogP contribution in [0.1, 0.15) is 0 Å². The van der Waals surface area contributed by atoms with Gasteiger partial charge in [0.05, 0.1) is 5.88 Å². The van der Waals surface area contributed by atoms with E-state index in [4.69, 9.17) is 0 Å². The molecule has 0 aromatic carbocycles. The van der Waals surface area contributed by atoms with Crippen LogP contribution in [-0.4, -0.2) is 52.1 Å². The Bertz CT molecular complexity index is 426. The van der Waals surface area contributed by atoms with E-state index in [-0.39, 0.29) is 12.4 Å². The van der Waals surface area contributed by atoms with E-state index in [1.54, 1.807) is 0 Å². The zero-order chi connectivity index (χ0) is 13.8. The van der Waals surface area contributed by atoms with E-state index in [1.165, 1.54) is 21.6 Å².